The van der Waals surface area contributed by atoms with Crippen LogP contribution >= 0.6 is 22.9 Å². The maximum absolute atomic E-state index is 12.0. The smallest absolute Gasteiger partial charge is 0.299 e. The molecule has 0 unspecified atom stereocenters. The van der Waals surface area contributed by atoms with Crippen molar-refractivity contribution in [3.63, 3.8) is 0 Å². The normalized spacial score (nSPS) is 10.6. The maximum atomic E-state index is 12.0. The number of thiazole rings is 1. The molecule has 0 spiro atoms. The molecule has 2 heterocycles. The Hall–Kier alpha value is -2.32. The Bertz CT molecular complexity index is 851. The number of hydrogen-bond donors (Lipinski definition) is 1. The lowest BCUT2D eigenvalue weighted by molar-refractivity contribution is -0.116. The van der Waals surface area contributed by atoms with Gasteiger partial charge in [0.15, 0.2) is 5.82 Å². The molecule has 1 N–H and O–H groups in total. The van der Waals surface area contributed by atoms with E-state index in [1.807, 2.05) is 30.3 Å². The van der Waals surface area contributed by atoms with Crippen LogP contribution in [0.25, 0.3) is 11.4 Å². The average molecular weight is 332 g/mol. The van der Waals surface area contributed by atoms with Gasteiger partial charge in [0.2, 0.25) is 11.0 Å². The maximum Gasteiger partial charge on any atom is 0.307 e. The fourth-order valence-electron chi connectivity index (χ4n) is 1.88. The molecule has 6 nitrogen and oxygen atoms in total. The van der Waals surface area contributed by atoms with E-state index in [9.17, 15) is 9.59 Å². The molecule has 0 aliphatic heterocycles. The zero-order valence-corrected chi connectivity index (χ0v) is 13.3. The summed E-state index contributed by atoms with van der Waals surface area (Å²) in [6.45, 7) is 1.78. The number of nitrogens with one attached hydrogen (secondary N) is 1. The van der Waals surface area contributed by atoms with Gasteiger partial charge in [-0.2, -0.15) is 9.36 Å². The molecule has 0 aliphatic rings. The highest BCUT2D eigenvalue weighted by molar-refractivity contribution is 7.10. The van der Waals surface area contributed by atoms with Crippen LogP contribution in [-0.2, 0) is 11.3 Å². The first kappa shape index (κ1) is 14.6. The Morgan fingerprint density at radius 2 is 2.09 bits per heavy atom. The van der Waals surface area contributed by atoms with Crippen molar-refractivity contribution in [3.8, 4) is 11.4 Å². The highest BCUT2D eigenvalue weighted by Crippen LogP contribution is 2.20. The van der Waals surface area contributed by atoms with E-state index < -0.39 is 0 Å². The summed E-state index contributed by atoms with van der Waals surface area (Å²) < 4.78 is 5.65. The van der Waals surface area contributed by atoms with Gasteiger partial charge in [-0.15, -0.1) is 0 Å². The van der Waals surface area contributed by atoms with Crippen LogP contribution in [-0.4, -0.2) is 19.8 Å². The van der Waals surface area contributed by atoms with E-state index in [-0.39, 0.29) is 17.3 Å². The highest BCUT2D eigenvalue weighted by Gasteiger charge is 2.12. The van der Waals surface area contributed by atoms with E-state index in [1.54, 1.807) is 12.3 Å². The summed E-state index contributed by atoms with van der Waals surface area (Å²) in [4.78, 5) is 27.7. The Labute approximate surface area is 134 Å². The van der Waals surface area contributed by atoms with E-state index in [0.717, 1.165) is 34.1 Å². The Morgan fingerprint density at radius 1 is 1.32 bits per heavy atom. The molecule has 8 heteroatoms. The molecule has 1 amide bonds. The molecule has 1 aromatic carbocycles. The number of nitrogens with zero attached hydrogens (tertiary/aromatic N) is 3. The van der Waals surface area contributed by atoms with E-state index >= 15 is 0 Å². The molecule has 0 radical (unpaired) electrons. The van der Waals surface area contributed by atoms with Gasteiger partial charge in [-0.05, 0) is 6.92 Å². The van der Waals surface area contributed by atoms with Crippen LogP contribution in [0.3, 0.4) is 0 Å². The summed E-state index contributed by atoms with van der Waals surface area (Å²) in [5.74, 6) is 0.282. The Balaban J connectivity index is 1.70. The van der Waals surface area contributed by atoms with Crippen LogP contribution in [0.1, 0.15) is 5.69 Å². The minimum absolute atomic E-state index is 0.0194. The minimum Gasteiger partial charge on any atom is -0.299 e. The number of hydrogen-bond acceptors (Lipinski definition) is 6. The van der Waals surface area contributed by atoms with Crippen LogP contribution in [0.15, 0.2) is 40.5 Å². The molecular formula is C14H12N4O2S2. The molecule has 22 heavy (non-hydrogen) atoms. The number of carbonyl (C=O) groups excluding carboxylic acids is 1. The zero-order valence-electron chi connectivity index (χ0n) is 11.6. The van der Waals surface area contributed by atoms with Crippen molar-refractivity contribution < 1.29 is 4.79 Å². The van der Waals surface area contributed by atoms with Crippen molar-refractivity contribution in [2.45, 2.75) is 13.5 Å². The predicted octanol–water partition coefficient (Wildman–Crippen LogP) is 2.38. The molecule has 112 valence electrons. The van der Waals surface area contributed by atoms with Crippen LogP contribution < -0.4 is 10.2 Å². The molecule has 0 saturated heterocycles. The second-order valence-electron chi connectivity index (χ2n) is 4.57. The molecule has 0 bridgehead atoms. The summed E-state index contributed by atoms with van der Waals surface area (Å²) in [5.41, 5.74) is 1.66. The highest BCUT2D eigenvalue weighted by atomic mass is 32.1. The number of benzene rings is 1. The number of carbonyl (C=O) groups is 1. The van der Waals surface area contributed by atoms with Crippen molar-refractivity contribution in [2.24, 2.45) is 0 Å². The van der Waals surface area contributed by atoms with Crippen LogP contribution in [0, 0.1) is 6.92 Å². The Kier molecular flexibility index (Phi) is 4.12. The van der Waals surface area contributed by atoms with Crippen LogP contribution in [0.4, 0.5) is 5.13 Å². The molecule has 0 atom stereocenters. The number of rotatable bonds is 4. The van der Waals surface area contributed by atoms with Gasteiger partial charge in [-0.1, -0.05) is 41.7 Å². The van der Waals surface area contributed by atoms with Gasteiger partial charge in [0.05, 0.1) is 0 Å². The number of amides is 1. The number of aryl methyl sites for hydroxylation is 1. The zero-order chi connectivity index (χ0) is 15.5. The fourth-order valence-corrected chi connectivity index (χ4v) is 3.22. The van der Waals surface area contributed by atoms with Gasteiger partial charge in [0, 0.05) is 28.2 Å². The number of anilines is 1. The SMILES string of the molecule is Cc1csc(=O)n1CC(=O)Nc1nc(-c2ccccc2)ns1. The minimum atomic E-state index is -0.292. The topological polar surface area (TPSA) is 76.9 Å². The van der Waals surface area contributed by atoms with Crippen molar-refractivity contribution in [2.75, 3.05) is 5.32 Å². The molecule has 0 saturated carbocycles. The van der Waals surface area contributed by atoms with Crippen molar-refractivity contribution in [1.82, 2.24) is 13.9 Å². The molecule has 3 aromatic rings. The summed E-state index contributed by atoms with van der Waals surface area (Å²) in [7, 11) is 0. The lowest BCUT2D eigenvalue weighted by atomic mass is 10.2. The first-order chi connectivity index (χ1) is 10.6. The van der Waals surface area contributed by atoms with E-state index in [4.69, 9.17) is 0 Å². The van der Waals surface area contributed by atoms with Gasteiger partial charge < -0.3 is 0 Å². The monoisotopic (exact) mass is 332 g/mol. The second kappa shape index (κ2) is 6.20. The standard InChI is InChI=1S/C14H12N4O2S2/c1-9-8-21-14(20)18(9)7-11(19)15-13-16-12(17-22-13)10-5-3-2-4-6-10/h2-6,8H,7H2,1H3,(H,15,16,17,19). The molecular weight excluding hydrogens is 320 g/mol. The Morgan fingerprint density at radius 3 is 2.77 bits per heavy atom. The molecule has 3 rings (SSSR count). The predicted molar refractivity (Wildman–Crippen MR) is 87.3 cm³/mol. The van der Waals surface area contributed by atoms with E-state index in [2.05, 4.69) is 14.7 Å². The van der Waals surface area contributed by atoms with Gasteiger partial charge in [-0.3, -0.25) is 19.5 Å². The van der Waals surface area contributed by atoms with E-state index in [1.165, 1.54) is 4.57 Å². The van der Waals surface area contributed by atoms with Crippen LogP contribution in [0.2, 0.25) is 0 Å². The third kappa shape index (κ3) is 3.12. The summed E-state index contributed by atoms with van der Waals surface area (Å²) >= 11 is 2.20. The summed E-state index contributed by atoms with van der Waals surface area (Å²) in [6, 6.07) is 9.53. The first-order valence-corrected chi connectivity index (χ1v) is 8.12. The number of aromatic nitrogens is 3. The first-order valence-electron chi connectivity index (χ1n) is 6.47. The largest absolute Gasteiger partial charge is 0.307 e. The van der Waals surface area contributed by atoms with Gasteiger partial charge in [-0.25, -0.2) is 0 Å². The molecule has 0 aliphatic carbocycles. The van der Waals surface area contributed by atoms with Gasteiger partial charge in [0.1, 0.15) is 6.54 Å². The van der Waals surface area contributed by atoms with Crippen molar-refractivity contribution in [3.05, 3.63) is 51.1 Å². The average Bonchev–Trinajstić information content (AvgIpc) is 3.10. The molecule has 2 aromatic heterocycles. The van der Waals surface area contributed by atoms with Gasteiger partial charge >= 0.3 is 4.87 Å². The third-order valence-corrected chi connectivity index (χ3v) is 4.49. The summed E-state index contributed by atoms with van der Waals surface area (Å²) in [5, 5.41) is 4.83. The van der Waals surface area contributed by atoms with Crippen LogP contribution in [0.5, 0.6) is 0 Å². The van der Waals surface area contributed by atoms with Crippen molar-refractivity contribution in [1.29, 1.82) is 0 Å². The van der Waals surface area contributed by atoms with E-state index in [0.29, 0.717) is 11.0 Å². The lowest BCUT2D eigenvalue weighted by Crippen LogP contribution is -2.25. The van der Waals surface area contributed by atoms with Gasteiger partial charge in [0.25, 0.3) is 0 Å². The second-order valence-corrected chi connectivity index (χ2v) is 6.14. The summed E-state index contributed by atoms with van der Waals surface area (Å²) in [6.07, 6.45) is 0. The quantitative estimate of drug-likeness (QED) is 0.796. The van der Waals surface area contributed by atoms with Crippen molar-refractivity contribution >= 4 is 33.9 Å². The molecule has 0 fully saturated rings. The third-order valence-electron chi connectivity index (χ3n) is 2.98. The lowest BCUT2D eigenvalue weighted by Gasteiger charge is -2.03. The fraction of sp³-hybridized carbons (Fsp3) is 0.143.